The van der Waals surface area contributed by atoms with E-state index in [1.165, 1.54) is 6.42 Å². The Morgan fingerprint density at radius 1 is 1.50 bits per heavy atom. The van der Waals surface area contributed by atoms with Crippen LogP contribution in [0.25, 0.3) is 0 Å². The van der Waals surface area contributed by atoms with E-state index in [4.69, 9.17) is 9.05 Å². The Hall–Kier alpha value is 0.350. The lowest BCUT2D eigenvalue weighted by molar-refractivity contribution is 0.296. The Balaban J connectivity index is 2.53. The summed E-state index contributed by atoms with van der Waals surface area (Å²) in [5.41, 5.74) is 0. The van der Waals surface area contributed by atoms with E-state index in [-0.39, 0.29) is 9.03 Å². The quantitative estimate of drug-likeness (QED) is 0.425. The number of hydrogen-bond donors (Lipinski definition) is 0. The summed E-state index contributed by atoms with van der Waals surface area (Å²) < 4.78 is 9.72. The summed E-state index contributed by atoms with van der Waals surface area (Å²) in [6.45, 7) is 2.97. The molecule has 0 aromatic heterocycles. The Kier molecular flexibility index (Phi) is 7.67. The summed E-state index contributed by atoms with van der Waals surface area (Å²) in [5, 5.41) is 0. The molecule has 1 atom stereocenters. The van der Waals surface area contributed by atoms with E-state index in [1.807, 2.05) is 0 Å². The lowest BCUT2D eigenvalue weighted by Crippen LogP contribution is -1.82. The van der Waals surface area contributed by atoms with Gasteiger partial charge in [-0.25, -0.2) is 0 Å². The molecular weight excluding hydrogens is 123 g/mol. The maximum Gasteiger partial charge on any atom is 0.154 e. The standard InChI is InChI=1S/C5H13O2P/c1-3-4-5-7-8-6-2/h8H,3-5H2,1-2H3. The molecule has 50 valence electrons. The Morgan fingerprint density at radius 2 is 2.25 bits per heavy atom. The van der Waals surface area contributed by atoms with Crippen LogP contribution in [-0.4, -0.2) is 13.7 Å². The Bertz CT molecular complexity index is 35.4. The molecule has 0 aromatic rings. The molecule has 0 fully saturated rings. The van der Waals surface area contributed by atoms with E-state index in [9.17, 15) is 0 Å². The highest BCUT2D eigenvalue weighted by Gasteiger charge is 1.82. The first-order valence-electron chi connectivity index (χ1n) is 2.81. The van der Waals surface area contributed by atoms with E-state index >= 15 is 0 Å². The van der Waals surface area contributed by atoms with Crippen molar-refractivity contribution in [2.75, 3.05) is 13.7 Å². The fourth-order valence-corrected chi connectivity index (χ4v) is 0.663. The molecular formula is C5H13O2P. The fourth-order valence-electron chi connectivity index (χ4n) is 0.317. The molecule has 0 rings (SSSR count). The van der Waals surface area contributed by atoms with Gasteiger partial charge in [-0.2, -0.15) is 0 Å². The van der Waals surface area contributed by atoms with Crippen LogP contribution in [0.5, 0.6) is 0 Å². The molecule has 3 heteroatoms. The lowest BCUT2D eigenvalue weighted by Gasteiger charge is -1.97. The van der Waals surface area contributed by atoms with Gasteiger partial charge in [-0.1, -0.05) is 13.3 Å². The monoisotopic (exact) mass is 136 g/mol. The number of rotatable bonds is 5. The van der Waals surface area contributed by atoms with Gasteiger partial charge in [0, 0.05) is 7.11 Å². The molecule has 2 nitrogen and oxygen atoms in total. The van der Waals surface area contributed by atoms with Crippen LogP contribution in [0.15, 0.2) is 0 Å². The second-order valence-corrected chi connectivity index (χ2v) is 2.35. The van der Waals surface area contributed by atoms with Gasteiger partial charge >= 0.3 is 0 Å². The van der Waals surface area contributed by atoms with Gasteiger partial charge in [0.2, 0.25) is 0 Å². The summed E-state index contributed by atoms with van der Waals surface area (Å²) in [6.07, 6.45) is 2.32. The molecule has 0 aliphatic rings. The Morgan fingerprint density at radius 3 is 2.75 bits per heavy atom. The van der Waals surface area contributed by atoms with Crippen molar-refractivity contribution >= 4 is 9.03 Å². The van der Waals surface area contributed by atoms with Crippen LogP contribution < -0.4 is 0 Å². The second-order valence-electron chi connectivity index (χ2n) is 1.49. The summed E-state index contributed by atoms with van der Waals surface area (Å²) >= 11 is 0. The predicted molar refractivity (Wildman–Crippen MR) is 36.2 cm³/mol. The minimum atomic E-state index is 0.225. The van der Waals surface area contributed by atoms with E-state index < -0.39 is 0 Å². The van der Waals surface area contributed by atoms with Crippen LogP contribution in [0.1, 0.15) is 19.8 Å². The van der Waals surface area contributed by atoms with Crippen LogP contribution in [0.4, 0.5) is 0 Å². The Labute approximate surface area is 52.5 Å². The average molecular weight is 136 g/mol. The van der Waals surface area contributed by atoms with Gasteiger partial charge in [0.1, 0.15) is 0 Å². The third-order valence-electron chi connectivity index (χ3n) is 0.742. The zero-order valence-electron chi connectivity index (χ0n) is 5.44. The van der Waals surface area contributed by atoms with Gasteiger partial charge < -0.3 is 9.05 Å². The van der Waals surface area contributed by atoms with Crippen molar-refractivity contribution in [1.82, 2.24) is 0 Å². The van der Waals surface area contributed by atoms with Crippen LogP contribution >= 0.6 is 9.03 Å². The molecule has 0 aliphatic carbocycles. The van der Waals surface area contributed by atoms with Gasteiger partial charge in [0.15, 0.2) is 9.03 Å². The molecule has 0 N–H and O–H groups in total. The molecule has 0 radical (unpaired) electrons. The molecule has 0 aliphatic heterocycles. The normalized spacial score (nSPS) is 11.2. The number of hydrogen-bond acceptors (Lipinski definition) is 2. The van der Waals surface area contributed by atoms with Crippen LogP contribution in [0, 0.1) is 0 Å². The van der Waals surface area contributed by atoms with Gasteiger partial charge in [0.05, 0.1) is 6.61 Å². The van der Waals surface area contributed by atoms with Gasteiger partial charge in [-0.05, 0) is 6.42 Å². The maximum absolute atomic E-state index is 5.03. The topological polar surface area (TPSA) is 18.5 Å². The summed E-state index contributed by atoms with van der Waals surface area (Å²) in [4.78, 5) is 0. The zero-order chi connectivity index (χ0) is 6.24. The highest BCUT2D eigenvalue weighted by molar-refractivity contribution is 7.26. The average Bonchev–Trinajstić information content (AvgIpc) is 1.81. The van der Waals surface area contributed by atoms with Gasteiger partial charge in [0.25, 0.3) is 0 Å². The van der Waals surface area contributed by atoms with Crippen molar-refractivity contribution in [3.63, 3.8) is 0 Å². The summed E-state index contributed by atoms with van der Waals surface area (Å²) in [5.74, 6) is 0. The largest absolute Gasteiger partial charge is 0.340 e. The second kappa shape index (κ2) is 7.35. The zero-order valence-corrected chi connectivity index (χ0v) is 6.44. The minimum absolute atomic E-state index is 0.225. The van der Waals surface area contributed by atoms with Crippen LogP contribution in [-0.2, 0) is 9.05 Å². The molecule has 0 amide bonds. The summed E-state index contributed by atoms with van der Waals surface area (Å²) in [6, 6.07) is 0. The van der Waals surface area contributed by atoms with Crippen molar-refractivity contribution in [2.45, 2.75) is 19.8 Å². The van der Waals surface area contributed by atoms with E-state index in [0.29, 0.717) is 0 Å². The van der Waals surface area contributed by atoms with Crippen molar-refractivity contribution in [3.05, 3.63) is 0 Å². The first-order chi connectivity index (χ1) is 3.91. The molecule has 0 heterocycles. The van der Waals surface area contributed by atoms with E-state index in [0.717, 1.165) is 13.0 Å². The van der Waals surface area contributed by atoms with Crippen molar-refractivity contribution in [2.24, 2.45) is 0 Å². The van der Waals surface area contributed by atoms with Crippen LogP contribution in [0.3, 0.4) is 0 Å². The van der Waals surface area contributed by atoms with Gasteiger partial charge in [-0.15, -0.1) is 0 Å². The molecule has 0 saturated carbocycles. The smallest absolute Gasteiger partial charge is 0.154 e. The van der Waals surface area contributed by atoms with E-state index in [1.54, 1.807) is 7.11 Å². The first kappa shape index (κ1) is 8.35. The van der Waals surface area contributed by atoms with Crippen LogP contribution in [0.2, 0.25) is 0 Å². The fraction of sp³-hybridized carbons (Fsp3) is 1.00. The van der Waals surface area contributed by atoms with Crippen molar-refractivity contribution in [1.29, 1.82) is 0 Å². The predicted octanol–water partition coefficient (Wildman–Crippen LogP) is 1.96. The SMILES string of the molecule is CCCCOPOC. The third kappa shape index (κ3) is 6.35. The van der Waals surface area contributed by atoms with Gasteiger partial charge in [-0.3, -0.25) is 0 Å². The number of unbranched alkanes of at least 4 members (excludes halogenated alkanes) is 1. The highest BCUT2D eigenvalue weighted by atomic mass is 31.1. The summed E-state index contributed by atoms with van der Waals surface area (Å²) in [7, 11) is 1.87. The molecule has 0 bridgehead atoms. The first-order valence-corrected chi connectivity index (χ1v) is 3.63. The molecule has 1 unspecified atom stereocenters. The molecule has 0 aromatic carbocycles. The lowest BCUT2D eigenvalue weighted by atomic mass is 10.4. The maximum atomic E-state index is 5.03. The molecule has 0 saturated heterocycles. The molecule has 8 heavy (non-hydrogen) atoms. The highest BCUT2D eigenvalue weighted by Crippen LogP contribution is 2.10. The van der Waals surface area contributed by atoms with Crippen molar-refractivity contribution in [3.8, 4) is 0 Å². The van der Waals surface area contributed by atoms with Crippen molar-refractivity contribution < 1.29 is 9.05 Å². The third-order valence-corrected chi connectivity index (χ3v) is 1.23. The minimum Gasteiger partial charge on any atom is -0.340 e. The van der Waals surface area contributed by atoms with E-state index in [2.05, 4.69) is 6.92 Å². The molecule has 0 spiro atoms.